The molecule has 2 heterocycles. The van der Waals surface area contributed by atoms with Crippen LogP contribution in [0.25, 0.3) is 10.8 Å². The minimum absolute atomic E-state index is 0.213. The molecule has 0 saturated carbocycles. The highest BCUT2D eigenvalue weighted by atomic mass is 16.8. The topological polar surface area (TPSA) is 105 Å². The van der Waals surface area contributed by atoms with E-state index >= 15 is 0 Å². The quantitative estimate of drug-likeness (QED) is 0.114. The SMILES string of the molecule is O=C(O)ON1CC(OCCOC2CCCCO2)C(c2ccc(OCCCOCc3ccccc3)cc2)C(OCc2ccc3ccccc3c2)C1. The zero-order valence-corrected chi connectivity index (χ0v) is 28.4. The van der Waals surface area contributed by atoms with Crippen LogP contribution in [0.3, 0.4) is 0 Å². The van der Waals surface area contributed by atoms with Crippen molar-refractivity contribution in [3.8, 4) is 5.75 Å². The Kier molecular flexibility index (Phi) is 13.5. The van der Waals surface area contributed by atoms with Gasteiger partial charge in [0.05, 0.1) is 64.9 Å². The fourth-order valence-electron chi connectivity index (χ4n) is 6.52. The molecule has 4 aromatic rings. The number of hydroxylamine groups is 2. The molecule has 0 aromatic heterocycles. The standard InChI is InChI=1S/C40H47NO9/c42-40(43)50-41-26-36(46-23-24-48-38-13-6-7-21-47-38)39(37(27-41)49-29-31-14-15-32-11-4-5-12-34(32)25-31)33-16-18-35(19-17-33)45-22-8-20-44-28-30-9-2-1-3-10-30/h1-5,9-12,14-19,25,36-39H,6-8,13,20-24,26-29H2,(H,42,43). The van der Waals surface area contributed by atoms with Crippen LogP contribution < -0.4 is 4.74 Å². The van der Waals surface area contributed by atoms with Crippen LogP contribution in [0.5, 0.6) is 5.75 Å². The van der Waals surface area contributed by atoms with Gasteiger partial charge < -0.3 is 38.4 Å². The third-order valence-corrected chi connectivity index (χ3v) is 8.99. The van der Waals surface area contributed by atoms with Crippen LogP contribution in [-0.2, 0) is 41.7 Å². The van der Waals surface area contributed by atoms with E-state index in [0.29, 0.717) is 46.2 Å². The van der Waals surface area contributed by atoms with Crippen molar-refractivity contribution in [1.29, 1.82) is 0 Å². The molecule has 6 rings (SSSR count). The first-order valence-electron chi connectivity index (χ1n) is 17.5. The summed E-state index contributed by atoms with van der Waals surface area (Å²) in [6.45, 7) is 3.93. The Morgan fingerprint density at radius 3 is 2.28 bits per heavy atom. The molecule has 4 atom stereocenters. The molecular formula is C40H47NO9. The molecule has 4 unspecified atom stereocenters. The van der Waals surface area contributed by atoms with Crippen molar-refractivity contribution in [2.24, 2.45) is 0 Å². The van der Waals surface area contributed by atoms with Crippen LogP contribution >= 0.6 is 0 Å². The Bertz CT molecular complexity index is 1600. The van der Waals surface area contributed by atoms with E-state index in [4.69, 9.17) is 33.3 Å². The lowest BCUT2D eigenvalue weighted by Gasteiger charge is -2.42. The molecule has 266 valence electrons. The molecule has 0 spiro atoms. The van der Waals surface area contributed by atoms with Gasteiger partial charge in [-0.3, -0.25) is 0 Å². The predicted octanol–water partition coefficient (Wildman–Crippen LogP) is 7.35. The van der Waals surface area contributed by atoms with E-state index in [1.807, 2.05) is 54.6 Å². The molecule has 10 nitrogen and oxygen atoms in total. The van der Waals surface area contributed by atoms with Crippen LogP contribution in [0.2, 0.25) is 0 Å². The molecule has 0 bridgehead atoms. The summed E-state index contributed by atoms with van der Waals surface area (Å²) in [5.74, 6) is 0.547. The Labute approximate surface area is 293 Å². The average molecular weight is 686 g/mol. The molecule has 2 saturated heterocycles. The zero-order valence-electron chi connectivity index (χ0n) is 28.4. The average Bonchev–Trinajstić information content (AvgIpc) is 3.15. The number of carboxylic acid groups (broad SMARTS) is 1. The third kappa shape index (κ3) is 10.7. The normalized spacial score (nSPS) is 21.2. The van der Waals surface area contributed by atoms with Gasteiger partial charge >= 0.3 is 6.16 Å². The molecular weight excluding hydrogens is 638 g/mol. The van der Waals surface area contributed by atoms with Gasteiger partial charge in [0.15, 0.2) is 6.29 Å². The highest BCUT2D eigenvalue weighted by Gasteiger charge is 2.41. The van der Waals surface area contributed by atoms with E-state index in [-0.39, 0.29) is 25.3 Å². The smallest absolute Gasteiger partial charge is 0.494 e. The molecule has 2 aliphatic rings. The predicted molar refractivity (Wildman–Crippen MR) is 188 cm³/mol. The lowest BCUT2D eigenvalue weighted by molar-refractivity contribution is -0.208. The summed E-state index contributed by atoms with van der Waals surface area (Å²) in [4.78, 5) is 16.8. The van der Waals surface area contributed by atoms with Gasteiger partial charge in [-0.05, 0) is 64.9 Å². The van der Waals surface area contributed by atoms with Crippen molar-refractivity contribution in [3.05, 3.63) is 114 Å². The van der Waals surface area contributed by atoms with Crippen LogP contribution in [0, 0.1) is 0 Å². The number of benzene rings is 4. The number of nitrogens with zero attached hydrogens (tertiary/aromatic N) is 1. The zero-order chi connectivity index (χ0) is 34.4. The summed E-state index contributed by atoms with van der Waals surface area (Å²) in [6, 6.07) is 32.6. The Hall–Kier alpha value is -4.03. The van der Waals surface area contributed by atoms with Gasteiger partial charge in [-0.15, -0.1) is 5.06 Å². The summed E-state index contributed by atoms with van der Waals surface area (Å²) in [5, 5.41) is 13.2. The van der Waals surface area contributed by atoms with E-state index < -0.39 is 18.4 Å². The molecule has 10 heteroatoms. The summed E-state index contributed by atoms with van der Waals surface area (Å²) < 4.78 is 36.5. The Balaban J connectivity index is 1.11. The number of fused-ring (bicyclic) bond motifs is 1. The summed E-state index contributed by atoms with van der Waals surface area (Å²) >= 11 is 0. The maximum atomic E-state index is 11.6. The molecule has 4 aromatic carbocycles. The van der Waals surface area contributed by atoms with E-state index in [0.717, 1.165) is 58.9 Å². The van der Waals surface area contributed by atoms with Gasteiger partial charge in [-0.1, -0.05) is 78.9 Å². The highest BCUT2D eigenvalue weighted by Crippen LogP contribution is 2.35. The fraction of sp³-hybridized carbons (Fsp3) is 0.425. The Morgan fingerprint density at radius 2 is 1.50 bits per heavy atom. The fourth-order valence-corrected chi connectivity index (χ4v) is 6.52. The van der Waals surface area contributed by atoms with Gasteiger partial charge in [0, 0.05) is 18.9 Å². The number of ether oxygens (including phenoxy) is 6. The van der Waals surface area contributed by atoms with E-state index in [2.05, 4.69) is 42.5 Å². The second kappa shape index (κ2) is 18.8. The number of carbonyl (C=O) groups is 1. The highest BCUT2D eigenvalue weighted by molar-refractivity contribution is 5.82. The van der Waals surface area contributed by atoms with Crippen LogP contribution in [0.1, 0.15) is 48.3 Å². The first kappa shape index (κ1) is 35.8. The van der Waals surface area contributed by atoms with Crippen molar-refractivity contribution < 1.29 is 43.2 Å². The largest absolute Gasteiger partial charge is 0.525 e. The van der Waals surface area contributed by atoms with Crippen molar-refractivity contribution in [1.82, 2.24) is 5.06 Å². The van der Waals surface area contributed by atoms with Crippen LogP contribution in [0.4, 0.5) is 4.79 Å². The van der Waals surface area contributed by atoms with E-state index in [9.17, 15) is 9.90 Å². The minimum Gasteiger partial charge on any atom is -0.494 e. The van der Waals surface area contributed by atoms with Gasteiger partial charge in [-0.2, -0.15) is 0 Å². The first-order chi connectivity index (χ1) is 24.6. The van der Waals surface area contributed by atoms with Gasteiger partial charge in [-0.25, -0.2) is 4.79 Å². The number of piperidine rings is 1. The van der Waals surface area contributed by atoms with Crippen molar-refractivity contribution in [2.45, 2.75) is 63.3 Å². The molecule has 2 fully saturated rings. The molecule has 0 radical (unpaired) electrons. The third-order valence-electron chi connectivity index (χ3n) is 8.99. The number of rotatable bonds is 17. The summed E-state index contributed by atoms with van der Waals surface area (Å²) in [5.41, 5.74) is 3.18. The molecule has 0 aliphatic carbocycles. The molecule has 1 N–H and O–H groups in total. The lowest BCUT2D eigenvalue weighted by Crippen LogP contribution is -2.53. The minimum atomic E-state index is -1.37. The van der Waals surface area contributed by atoms with Crippen molar-refractivity contribution in [2.75, 3.05) is 46.1 Å². The molecule has 2 aliphatic heterocycles. The van der Waals surface area contributed by atoms with Crippen LogP contribution in [-0.4, -0.2) is 80.9 Å². The lowest BCUT2D eigenvalue weighted by atomic mass is 9.85. The second-order valence-corrected chi connectivity index (χ2v) is 12.6. The number of hydrogen-bond donors (Lipinski definition) is 1. The van der Waals surface area contributed by atoms with Gasteiger partial charge in [0.1, 0.15) is 5.75 Å². The van der Waals surface area contributed by atoms with Crippen molar-refractivity contribution in [3.63, 3.8) is 0 Å². The summed E-state index contributed by atoms with van der Waals surface area (Å²) in [7, 11) is 0. The molecule has 50 heavy (non-hydrogen) atoms. The van der Waals surface area contributed by atoms with Crippen LogP contribution in [0.15, 0.2) is 97.1 Å². The first-order valence-corrected chi connectivity index (χ1v) is 17.5. The maximum absolute atomic E-state index is 11.6. The van der Waals surface area contributed by atoms with Gasteiger partial charge in [0.25, 0.3) is 0 Å². The van der Waals surface area contributed by atoms with Crippen molar-refractivity contribution >= 4 is 16.9 Å². The summed E-state index contributed by atoms with van der Waals surface area (Å²) in [6.07, 6.45) is 1.30. The maximum Gasteiger partial charge on any atom is 0.525 e. The Morgan fingerprint density at radius 1 is 0.740 bits per heavy atom. The number of hydrogen-bond acceptors (Lipinski definition) is 9. The van der Waals surface area contributed by atoms with E-state index in [1.54, 1.807) is 0 Å². The van der Waals surface area contributed by atoms with E-state index in [1.165, 1.54) is 5.06 Å². The van der Waals surface area contributed by atoms with Gasteiger partial charge in [0.2, 0.25) is 0 Å². The monoisotopic (exact) mass is 685 g/mol. The molecule has 0 amide bonds. The second-order valence-electron chi connectivity index (χ2n) is 12.6.